The number of hydrogen-bond acceptors (Lipinski definition) is 5. The number of methoxy groups -OCH3 is 1. The third-order valence-corrected chi connectivity index (χ3v) is 3.32. The number of hydrogen-bond donors (Lipinski definition) is 2. The number of amides is 2. The summed E-state index contributed by atoms with van der Waals surface area (Å²) in [6, 6.07) is 4.84. The second-order valence-corrected chi connectivity index (χ2v) is 5.19. The van der Waals surface area contributed by atoms with Crippen LogP contribution in [0.3, 0.4) is 0 Å². The molecule has 2 aromatic rings. The van der Waals surface area contributed by atoms with Crippen LogP contribution in [0, 0.1) is 11.6 Å². The number of ether oxygens (including phenoxy) is 2. The van der Waals surface area contributed by atoms with Gasteiger partial charge in [-0.2, -0.15) is 5.10 Å². The van der Waals surface area contributed by atoms with Crippen LogP contribution in [0.4, 0.5) is 13.6 Å². The number of carbonyl (C=O) groups is 2. The van der Waals surface area contributed by atoms with Gasteiger partial charge in [-0.05, 0) is 35.9 Å². The normalized spacial score (nSPS) is 10.6. The molecule has 10 heteroatoms. The largest absolute Gasteiger partial charge is 0.493 e. The van der Waals surface area contributed by atoms with E-state index in [1.165, 1.54) is 31.5 Å². The lowest BCUT2D eigenvalue weighted by molar-refractivity contribution is 0.0729. The van der Waals surface area contributed by atoms with Gasteiger partial charge < -0.3 is 15.2 Å². The maximum atomic E-state index is 13.3. The van der Waals surface area contributed by atoms with E-state index in [9.17, 15) is 18.4 Å². The average Bonchev–Trinajstić information content (AvgIpc) is 2.58. The van der Waals surface area contributed by atoms with Gasteiger partial charge in [-0.15, -0.1) is 0 Å². The van der Waals surface area contributed by atoms with E-state index in [-0.39, 0.29) is 22.1 Å². The van der Waals surface area contributed by atoms with E-state index in [2.05, 4.69) is 5.10 Å². The maximum Gasteiger partial charge on any atom is 0.345 e. The molecule has 3 N–H and O–H groups in total. The number of hydrazone groups is 1. The Morgan fingerprint density at radius 1 is 1.19 bits per heavy atom. The predicted octanol–water partition coefficient (Wildman–Crippen LogP) is 2.85. The van der Waals surface area contributed by atoms with Gasteiger partial charge in [0.1, 0.15) is 0 Å². The standard InChI is InChI=1S/C16H12ClF2N3O4/c1-25-14-4-8(7-21-22-16(20)24)2-3-13(14)26-15(23)9-5-11(18)12(19)6-10(9)17/h2-7H,1H3,(H3,20,22,24)/b21-7-. The number of carbonyl (C=O) groups excluding carboxylic acids is 2. The molecule has 0 fully saturated rings. The van der Waals surface area contributed by atoms with Crippen LogP contribution in [0.1, 0.15) is 15.9 Å². The molecule has 0 saturated heterocycles. The molecule has 7 nitrogen and oxygen atoms in total. The maximum absolute atomic E-state index is 13.3. The van der Waals surface area contributed by atoms with Crippen molar-refractivity contribution in [3.8, 4) is 11.5 Å². The molecule has 0 radical (unpaired) electrons. The zero-order chi connectivity index (χ0) is 19.3. The molecule has 0 unspecified atom stereocenters. The van der Waals surface area contributed by atoms with E-state index >= 15 is 0 Å². The Hall–Kier alpha value is -3.20. The molecule has 2 rings (SSSR count). The van der Waals surface area contributed by atoms with Crippen LogP contribution in [0.25, 0.3) is 0 Å². The lowest BCUT2D eigenvalue weighted by atomic mass is 10.2. The number of nitrogens with zero attached hydrogens (tertiary/aromatic N) is 1. The lowest BCUT2D eigenvalue weighted by Gasteiger charge is -2.11. The summed E-state index contributed by atoms with van der Waals surface area (Å²) in [4.78, 5) is 22.7. The van der Waals surface area contributed by atoms with Gasteiger partial charge in [0.2, 0.25) is 0 Å². The number of urea groups is 1. The summed E-state index contributed by atoms with van der Waals surface area (Å²) in [5, 5.41) is 3.28. The average molecular weight is 384 g/mol. The molecule has 0 aromatic heterocycles. The van der Waals surface area contributed by atoms with Crippen molar-refractivity contribution in [2.75, 3.05) is 7.11 Å². The number of halogens is 3. The quantitative estimate of drug-likeness (QED) is 0.272. The van der Waals surface area contributed by atoms with Crippen molar-refractivity contribution in [2.24, 2.45) is 10.8 Å². The third kappa shape index (κ3) is 4.67. The molecule has 0 atom stereocenters. The fraction of sp³-hybridized carbons (Fsp3) is 0.0625. The van der Waals surface area contributed by atoms with Crippen molar-refractivity contribution in [1.82, 2.24) is 5.43 Å². The SMILES string of the molecule is COc1cc(/C=N\NC(N)=O)ccc1OC(=O)c1cc(F)c(F)cc1Cl. The van der Waals surface area contributed by atoms with Crippen LogP contribution >= 0.6 is 11.6 Å². The molecule has 26 heavy (non-hydrogen) atoms. The summed E-state index contributed by atoms with van der Waals surface area (Å²) < 4.78 is 36.6. The van der Waals surface area contributed by atoms with Crippen molar-refractivity contribution >= 4 is 29.8 Å². The zero-order valence-corrected chi connectivity index (χ0v) is 14.0. The summed E-state index contributed by atoms with van der Waals surface area (Å²) in [6.07, 6.45) is 1.28. The molecule has 0 bridgehead atoms. The Kier molecular flexibility index (Phi) is 6.07. The van der Waals surface area contributed by atoms with E-state index < -0.39 is 23.6 Å². The number of esters is 1. The van der Waals surface area contributed by atoms with Crippen LogP contribution in [0.15, 0.2) is 35.4 Å². The van der Waals surface area contributed by atoms with Crippen LogP contribution in [-0.4, -0.2) is 25.3 Å². The Morgan fingerprint density at radius 2 is 1.88 bits per heavy atom. The summed E-state index contributed by atoms with van der Waals surface area (Å²) in [7, 11) is 1.33. The highest BCUT2D eigenvalue weighted by Crippen LogP contribution is 2.29. The number of benzene rings is 2. The van der Waals surface area contributed by atoms with E-state index in [4.69, 9.17) is 26.8 Å². The van der Waals surface area contributed by atoms with Crippen LogP contribution in [0.2, 0.25) is 5.02 Å². The second-order valence-electron chi connectivity index (χ2n) is 4.78. The molecule has 0 saturated carbocycles. The third-order valence-electron chi connectivity index (χ3n) is 3.01. The molecular weight excluding hydrogens is 372 g/mol. The minimum absolute atomic E-state index is 0.0123. The van der Waals surface area contributed by atoms with Crippen molar-refractivity contribution < 1.29 is 27.8 Å². The second kappa shape index (κ2) is 8.26. The van der Waals surface area contributed by atoms with E-state index in [0.29, 0.717) is 17.7 Å². The fourth-order valence-corrected chi connectivity index (χ4v) is 2.08. The van der Waals surface area contributed by atoms with Gasteiger partial charge in [0.15, 0.2) is 23.1 Å². The molecule has 2 aromatic carbocycles. The highest BCUT2D eigenvalue weighted by molar-refractivity contribution is 6.33. The van der Waals surface area contributed by atoms with Gasteiger partial charge in [0, 0.05) is 0 Å². The number of primary amides is 1. The van der Waals surface area contributed by atoms with Crippen molar-refractivity contribution in [2.45, 2.75) is 0 Å². The van der Waals surface area contributed by atoms with Gasteiger partial charge in [-0.1, -0.05) is 11.6 Å². The molecule has 0 spiro atoms. The van der Waals surface area contributed by atoms with Crippen molar-refractivity contribution in [3.05, 3.63) is 58.1 Å². The first kappa shape index (κ1) is 19.1. The van der Waals surface area contributed by atoms with Crippen molar-refractivity contribution in [1.29, 1.82) is 0 Å². The summed E-state index contributed by atoms with van der Waals surface area (Å²) in [6.45, 7) is 0. The molecule has 0 aliphatic rings. The Morgan fingerprint density at radius 3 is 2.54 bits per heavy atom. The smallest absolute Gasteiger partial charge is 0.345 e. The number of rotatable bonds is 5. The molecule has 0 aliphatic carbocycles. The first-order valence-corrected chi connectivity index (χ1v) is 7.33. The predicted molar refractivity (Wildman–Crippen MR) is 89.6 cm³/mol. The highest BCUT2D eigenvalue weighted by atomic mass is 35.5. The van der Waals surface area contributed by atoms with Gasteiger partial charge in [0.25, 0.3) is 0 Å². The van der Waals surface area contributed by atoms with E-state index in [0.717, 1.165) is 0 Å². The van der Waals surface area contributed by atoms with Crippen molar-refractivity contribution in [3.63, 3.8) is 0 Å². The summed E-state index contributed by atoms with van der Waals surface area (Å²) in [5.74, 6) is -3.25. The fourth-order valence-electron chi connectivity index (χ4n) is 1.85. The first-order chi connectivity index (χ1) is 12.3. The number of nitrogens with two attached hydrogens (primary N) is 1. The molecule has 136 valence electrons. The first-order valence-electron chi connectivity index (χ1n) is 6.95. The monoisotopic (exact) mass is 383 g/mol. The van der Waals surface area contributed by atoms with Gasteiger partial charge >= 0.3 is 12.0 Å². The molecular formula is C16H12ClF2N3O4. The van der Waals surface area contributed by atoms with Crippen LogP contribution in [-0.2, 0) is 0 Å². The van der Waals surface area contributed by atoms with E-state index in [1.54, 1.807) is 0 Å². The molecule has 0 heterocycles. The zero-order valence-electron chi connectivity index (χ0n) is 13.3. The lowest BCUT2D eigenvalue weighted by Crippen LogP contribution is -2.24. The summed E-state index contributed by atoms with van der Waals surface area (Å²) >= 11 is 5.74. The molecule has 0 aliphatic heterocycles. The topological polar surface area (TPSA) is 103 Å². The molecule has 2 amide bonds. The highest BCUT2D eigenvalue weighted by Gasteiger charge is 2.18. The Balaban J connectivity index is 2.23. The van der Waals surface area contributed by atoms with E-state index in [1.807, 2.05) is 5.43 Å². The number of nitrogens with one attached hydrogen (secondary N) is 1. The van der Waals surface area contributed by atoms with Crippen LogP contribution in [0.5, 0.6) is 11.5 Å². The summed E-state index contributed by atoms with van der Waals surface area (Å²) in [5.41, 5.74) is 7.05. The van der Waals surface area contributed by atoms with Gasteiger partial charge in [-0.25, -0.2) is 23.8 Å². The van der Waals surface area contributed by atoms with Gasteiger partial charge in [0.05, 0.1) is 23.9 Å². The Bertz CT molecular complexity index is 890. The minimum Gasteiger partial charge on any atom is -0.493 e. The minimum atomic E-state index is -1.23. The van der Waals surface area contributed by atoms with Crippen LogP contribution < -0.4 is 20.6 Å². The Labute approximate surface area is 151 Å². The van der Waals surface area contributed by atoms with Gasteiger partial charge in [-0.3, -0.25) is 0 Å².